The Morgan fingerprint density at radius 3 is 2.69 bits per heavy atom. The molecule has 1 aromatic heterocycles. The van der Waals surface area contributed by atoms with Crippen molar-refractivity contribution in [3.05, 3.63) is 30.1 Å². The summed E-state index contributed by atoms with van der Waals surface area (Å²) in [6.45, 7) is 4.10. The van der Waals surface area contributed by atoms with Crippen LogP contribution >= 0.6 is 0 Å². The van der Waals surface area contributed by atoms with Gasteiger partial charge < -0.3 is 4.74 Å². The molecule has 0 aliphatic heterocycles. The van der Waals surface area contributed by atoms with Crippen molar-refractivity contribution in [2.24, 2.45) is 0 Å². The number of rotatable bonds is 6. The largest absolute Gasteiger partial charge is 0.468 e. The molecule has 0 N–H and O–H groups in total. The molecule has 0 spiro atoms. The van der Waals surface area contributed by atoms with E-state index in [0.717, 1.165) is 19.5 Å². The van der Waals surface area contributed by atoms with Crippen LogP contribution in [-0.2, 0) is 16.0 Å². The first-order valence-electron chi connectivity index (χ1n) is 5.44. The molecule has 4 nitrogen and oxygen atoms in total. The first-order chi connectivity index (χ1) is 7.76. The molecule has 0 saturated heterocycles. The summed E-state index contributed by atoms with van der Waals surface area (Å²) in [5.74, 6) is -0.184. The number of methoxy groups -OCH3 is 1. The van der Waals surface area contributed by atoms with Gasteiger partial charge in [-0.15, -0.1) is 0 Å². The minimum atomic E-state index is -0.184. The fourth-order valence-electron chi connectivity index (χ4n) is 1.43. The molecule has 0 radical (unpaired) electrons. The number of carbonyl (C=O) groups excluding carboxylic acids is 1. The van der Waals surface area contributed by atoms with E-state index in [1.807, 2.05) is 19.1 Å². The van der Waals surface area contributed by atoms with E-state index < -0.39 is 0 Å². The number of esters is 1. The maximum atomic E-state index is 11.1. The van der Waals surface area contributed by atoms with Crippen molar-refractivity contribution in [2.75, 3.05) is 26.7 Å². The van der Waals surface area contributed by atoms with E-state index in [-0.39, 0.29) is 5.97 Å². The van der Waals surface area contributed by atoms with Crippen molar-refractivity contribution >= 4 is 5.97 Å². The van der Waals surface area contributed by atoms with E-state index in [2.05, 4.69) is 14.6 Å². The molecule has 0 aliphatic rings. The molecule has 0 amide bonds. The lowest BCUT2D eigenvalue weighted by atomic mass is 10.2. The van der Waals surface area contributed by atoms with Gasteiger partial charge in [0.15, 0.2) is 0 Å². The standard InChI is InChI=1S/C12H18N2O2/c1-3-14(10-12(15)16-2)9-6-11-4-7-13-8-5-11/h4-5,7-8H,3,6,9-10H2,1-2H3. The Labute approximate surface area is 96.2 Å². The molecule has 0 atom stereocenters. The van der Waals surface area contributed by atoms with Crippen molar-refractivity contribution in [1.29, 1.82) is 0 Å². The summed E-state index contributed by atoms with van der Waals surface area (Å²) in [5, 5.41) is 0. The SMILES string of the molecule is CCN(CCc1ccncc1)CC(=O)OC. The lowest BCUT2D eigenvalue weighted by Gasteiger charge is -2.18. The van der Waals surface area contributed by atoms with Crippen molar-refractivity contribution in [3.8, 4) is 0 Å². The van der Waals surface area contributed by atoms with E-state index >= 15 is 0 Å². The zero-order valence-corrected chi connectivity index (χ0v) is 9.85. The number of likely N-dealkylation sites (N-methyl/N-ethyl adjacent to an activating group) is 1. The van der Waals surface area contributed by atoms with Crippen LogP contribution in [0.3, 0.4) is 0 Å². The highest BCUT2D eigenvalue weighted by atomic mass is 16.5. The van der Waals surface area contributed by atoms with Crippen molar-refractivity contribution in [2.45, 2.75) is 13.3 Å². The number of nitrogens with zero attached hydrogens (tertiary/aromatic N) is 2. The topological polar surface area (TPSA) is 42.4 Å². The number of carbonyl (C=O) groups is 1. The molecule has 0 aliphatic carbocycles. The van der Waals surface area contributed by atoms with Gasteiger partial charge in [0.2, 0.25) is 0 Å². The zero-order chi connectivity index (χ0) is 11.8. The van der Waals surface area contributed by atoms with Crippen molar-refractivity contribution < 1.29 is 9.53 Å². The third kappa shape index (κ3) is 4.40. The molecule has 0 saturated carbocycles. The Bertz CT molecular complexity index is 314. The first-order valence-corrected chi connectivity index (χ1v) is 5.44. The van der Waals surface area contributed by atoms with Crippen molar-refractivity contribution in [1.82, 2.24) is 9.88 Å². The molecule has 0 bridgehead atoms. The summed E-state index contributed by atoms with van der Waals surface area (Å²) in [4.78, 5) is 17.1. The van der Waals surface area contributed by atoms with E-state index in [1.165, 1.54) is 12.7 Å². The first kappa shape index (κ1) is 12.6. The lowest BCUT2D eigenvalue weighted by molar-refractivity contribution is -0.141. The minimum Gasteiger partial charge on any atom is -0.468 e. The zero-order valence-electron chi connectivity index (χ0n) is 9.85. The van der Waals surface area contributed by atoms with Gasteiger partial charge in [-0.1, -0.05) is 6.92 Å². The molecular weight excluding hydrogens is 204 g/mol. The second-order valence-corrected chi connectivity index (χ2v) is 3.55. The quantitative estimate of drug-likeness (QED) is 0.676. The van der Waals surface area contributed by atoms with Crippen LogP contribution in [0.5, 0.6) is 0 Å². The summed E-state index contributed by atoms with van der Waals surface area (Å²) in [5.41, 5.74) is 1.23. The highest BCUT2D eigenvalue weighted by Crippen LogP contribution is 2.00. The monoisotopic (exact) mass is 222 g/mol. The summed E-state index contributed by atoms with van der Waals surface area (Å²) >= 11 is 0. The average Bonchev–Trinajstić information content (AvgIpc) is 2.35. The van der Waals surface area contributed by atoms with E-state index in [1.54, 1.807) is 12.4 Å². The van der Waals surface area contributed by atoms with Gasteiger partial charge in [-0.25, -0.2) is 0 Å². The normalized spacial score (nSPS) is 10.4. The summed E-state index contributed by atoms with van der Waals surface area (Å²) in [6.07, 6.45) is 4.49. The molecule has 0 fully saturated rings. The fourth-order valence-corrected chi connectivity index (χ4v) is 1.43. The van der Waals surface area contributed by atoms with E-state index in [4.69, 9.17) is 0 Å². The Hall–Kier alpha value is -1.42. The molecular formula is C12H18N2O2. The van der Waals surface area contributed by atoms with Crippen LogP contribution < -0.4 is 0 Å². The molecule has 0 aromatic carbocycles. The Morgan fingerprint density at radius 1 is 1.44 bits per heavy atom. The molecule has 0 unspecified atom stereocenters. The van der Waals surface area contributed by atoms with Gasteiger partial charge in [-0.3, -0.25) is 14.7 Å². The molecule has 1 heterocycles. The third-order valence-electron chi connectivity index (χ3n) is 2.49. The van der Waals surface area contributed by atoms with Gasteiger partial charge >= 0.3 is 5.97 Å². The van der Waals surface area contributed by atoms with Crippen LogP contribution in [0.1, 0.15) is 12.5 Å². The van der Waals surface area contributed by atoms with Gasteiger partial charge in [-0.2, -0.15) is 0 Å². The number of pyridine rings is 1. The van der Waals surface area contributed by atoms with E-state index in [9.17, 15) is 4.79 Å². The molecule has 16 heavy (non-hydrogen) atoms. The van der Waals surface area contributed by atoms with Gasteiger partial charge in [0.1, 0.15) is 0 Å². The number of hydrogen-bond donors (Lipinski definition) is 0. The lowest BCUT2D eigenvalue weighted by Crippen LogP contribution is -2.32. The van der Waals surface area contributed by atoms with E-state index in [0.29, 0.717) is 6.54 Å². The second kappa shape index (κ2) is 6.95. The Morgan fingerprint density at radius 2 is 2.12 bits per heavy atom. The van der Waals surface area contributed by atoms with Crippen LogP contribution in [0.25, 0.3) is 0 Å². The minimum absolute atomic E-state index is 0.184. The van der Waals surface area contributed by atoms with Gasteiger partial charge in [-0.05, 0) is 30.7 Å². The molecule has 88 valence electrons. The van der Waals surface area contributed by atoms with Crippen molar-refractivity contribution in [3.63, 3.8) is 0 Å². The second-order valence-electron chi connectivity index (χ2n) is 3.55. The molecule has 1 rings (SSSR count). The fraction of sp³-hybridized carbons (Fsp3) is 0.500. The van der Waals surface area contributed by atoms with Crippen LogP contribution in [0.2, 0.25) is 0 Å². The smallest absolute Gasteiger partial charge is 0.319 e. The highest BCUT2D eigenvalue weighted by Gasteiger charge is 2.08. The maximum absolute atomic E-state index is 11.1. The van der Waals surface area contributed by atoms with Gasteiger partial charge in [0.25, 0.3) is 0 Å². The number of aromatic nitrogens is 1. The van der Waals surface area contributed by atoms with Crippen LogP contribution in [0.4, 0.5) is 0 Å². The van der Waals surface area contributed by atoms with Gasteiger partial charge in [0, 0.05) is 18.9 Å². The third-order valence-corrected chi connectivity index (χ3v) is 2.49. The van der Waals surface area contributed by atoms with Gasteiger partial charge in [0.05, 0.1) is 13.7 Å². The summed E-state index contributed by atoms with van der Waals surface area (Å²) in [6, 6.07) is 3.98. The molecule has 4 heteroatoms. The predicted molar refractivity (Wildman–Crippen MR) is 62.1 cm³/mol. The van der Waals surface area contributed by atoms with Crippen LogP contribution in [-0.4, -0.2) is 42.6 Å². The molecule has 1 aromatic rings. The Balaban J connectivity index is 2.37. The Kier molecular flexibility index (Phi) is 5.50. The maximum Gasteiger partial charge on any atom is 0.319 e. The highest BCUT2D eigenvalue weighted by molar-refractivity contribution is 5.71. The predicted octanol–water partition coefficient (Wildman–Crippen LogP) is 1.12. The number of ether oxygens (including phenoxy) is 1. The van der Waals surface area contributed by atoms with Crippen LogP contribution in [0, 0.1) is 0 Å². The number of hydrogen-bond acceptors (Lipinski definition) is 4. The summed E-state index contributed by atoms with van der Waals surface area (Å²) < 4.78 is 4.64. The average molecular weight is 222 g/mol. The summed E-state index contributed by atoms with van der Waals surface area (Å²) in [7, 11) is 1.42. The van der Waals surface area contributed by atoms with Crippen LogP contribution in [0.15, 0.2) is 24.5 Å².